The van der Waals surface area contributed by atoms with Crippen molar-refractivity contribution in [3.63, 3.8) is 0 Å². The fourth-order valence-corrected chi connectivity index (χ4v) is 2.82. The van der Waals surface area contributed by atoms with Gasteiger partial charge in [0.1, 0.15) is 17.2 Å². The number of ether oxygens (including phenoxy) is 2. The molecular formula is C18H31N3O7. The molecule has 1 heterocycles. The lowest BCUT2D eigenvalue weighted by Gasteiger charge is -2.41. The number of carbonyl (C=O) groups is 4. The van der Waals surface area contributed by atoms with Crippen LogP contribution in [-0.4, -0.2) is 75.3 Å². The van der Waals surface area contributed by atoms with Crippen LogP contribution in [0, 0.1) is 0 Å². The smallest absolute Gasteiger partial charge is 0.417 e. The number of carboxylic acids is 1. The van der Waals surface area contributed by atoms with Gasteiger partial charge in [-0.05, 0) is 54.4 Å². The highest BCUT2D eigenvalue weighted by molar-refractivity contribution is 5.93. The molecular weight excluding hydrogens is 370 g/mol. The first-order valence-electron chi connectivity index (χ1n) is 9.14. The van der Waals surface area contributed by atoms with Crippen LogP contribution in [0.25, 0.3) is 0 Å². The van der Waals surface area contributed by atoms with E-state index in [1.54, 1.807) is 41.5 Å². The molecule has 160 valence electrons. The number of piperidine rings is 1. The molecule has 1 aliphatic rings. The summed E-state index contributed by atoms with van der Waals surface area (Å²) in [5, 5.41) is 9.58. The zero-order valence-corrected chi connectivity index (χ0v) is 17.4. The van der Waals surface area contributed by atoms with Gasteiger partial charge in [0.05, 0.1) is 6.54 Å². The molecule has 0 radical (unpaired) electrons. The molecule has 3 N–H and O–H groups in total. The van der Waals surface area contributed by atoms with Gasteiger partial charge >= 0.3 is 18.2 Å². The van der Waals surface area contributed by atoms with Crippen LogP contribution in [0.1, 0.15) is 54.4 Å². The number of carbonyl (C=O) groups excluding carboxylic acids is 3. The van der Waals surface area contributed by atoms with Crippen molar-refractivity contribution in [2.24, 2.45) is 5.73 Å². The monoisotopic (exact) mass is 401 g/mol. The Balaban J connectivity index is 3.06. The largest absolute Gasteiger partial charge is 0.480 e. The van der Waals surface area contributed by atoms with Gasteiger partial charge in [0.15, 0.2) is 0 Å². The minimum absolute atomic E-state index is 0.00763. The number of likely N-dealkylation sites (tertiary alicyclic amines) is 1. The van der Waals surface area contributed by atoms with Crippen molar-refractivity contribution in [3.8, 4) is 0 Å². The highest BCUT2D eigenvalue weighted by Gasteiger charge is 2.43. The van der Waals surface area contributed by atoms with Crippen molar-refractivity contribution in [2.45, 2.75) is 77.7 Å². The normalized spacial score (nSPS) is 20.3. The molecule has 0 spiro atoms. The van der Waals surface area contributed by atoms with Gasteiger partial charge in [0.25, 0.3) is 0 Å². The Labute approximate surface area is 164 Å². The molecule has 1 aliphatic heterocycles. The molecule has 0 aromatic carbocycles. The SMILES string of the molecule is CC(C)(C)OC(=O)N1CC[C@@H](N(C(=O)CN)C(=O)OC(C)(C)C)C[C@@H]1C(=O)O. The van der Waals surface area contributed by atoms with Gasteiger partial charge in [-0.3, -0.25) is 9.69 Å². The summed E-state index contributed by atoms with van der Waals surface area (Å²) in [7, 11) is 0. The third kappa shape index (κ3) is 6.66. The minimum Gasteiger partial charge on any atom is -0.480 e. The number of hydrogen-bond acceptors (Lipinski definition) is 7. The van der Waals surface area contributed by atoms with E-state index in [2.05, 4.69) is 0 Å². The Morgan fingerprint density at radius 1 is 1.07 bits per heavy atom. The quantitative estimate of drug-likeness (QED) is 0.726. The highest BCUT2D eigenvalue weighted by atomic mass is 16.6. The van der Waals surface area contributed by atoms with E-state index in [4.69, 9.17) is 15.2 Å². The Morgan fingerprint density at radius 2 is 1.61 bits per heavy atom. The number of nitrogens with two attached hydrogens (primary N) is 1. The zero-order valence-electron chi connectivity index (χ0n) is 17.4. The van der Waals surface area contributed by atoms with E-state index < -0.39 is 53.9 Å². The summed E-state index contributed by atoms with van der Waals surface area (Å²) in [6.45, 7) is 9.58. The fourth-order valence-electron chi connectivity index (χ4n) is 2.82. The van der Waals surface area contributed by atoms with Gasteiger partial charge in [-0.1, -0.05) is 0 Å². The molecule has 10 heteroatoms. The van der Waals surface area contributed by atoms with Crippen molar-refractivity contribution in [1.29, 1.82) is 0 Å². The van der Waals surface area contributed by atoms with Gasteiger partial charge < -0.3 is 20.3 Å². The molecule has 0 bridgehead atoms. The second-order valence-corrected chi connectivity index (χ2v) is 8.65. The third-order valence-electron chi connectivity index (χ3n) is 3.89. The van der Waals surface area contributed by atoms with E-state index >= 15 is 0 Å². The first kappa shape index (κ1) is 23.7. The third-order valence-corrected chi connectivity index (χ3v) is 3.89. The summed E-state index contributed by atoms with van der Waals surface area (Å²) in [6, 6.07) is -2.00. The Kier molecular flexibility index (Phi) is 7.41. The maximum absolute atomic E-state index is 12.5. The standard InChI is InChI=1S/C18H31N3O7/c1-17(2,3)27-15(25)20-8-7-11(9-12(20)14(23)24)21(13(22)10-19)16(26)28-18(4,5)6/h11-12H,7-10,19H2,1-6H3,(H,23,24)/t11-,12-/m1/s1. The lowest BCUT2D eigenvalue weighted by Crippen LogP contribution is -2.58. The number of hydrogen-bond donors (Lipinski definition) is 2. The fraction of sp³-hybridized carbons (Fsp3) is 0.778. The predicted molar refractivity (Wildman–Crippen MR) is 99.5 cm³/mol. The van der Waals surface area contributed by atoms with E-state index in [0.717, 1.165) is 9.80 Å². The van der Waals surface area contributed by atoms with Crippen molar-refractivity contribution in [1.82, 2.24) is 9.80 Å². The second kappa shape index (κ2) is 8.76. The molecule has 10 nitrogen and oxygen atoms in total. The second-order valence-electron chi connectivity index (χ2n) is 8.65. The van der Waals surface area contributed by atoms with E-state index in [1.165, 1.54) is 0 Å². The summed E-state index contributed by atoms with van der Waals surface area (Å²) >= 11 is 0. The van der Waals surface area contributed by atoms with Crippen LogP contribution in [0.4, 0.5) is 9.59 Å². The van der Waals surface area contributed by atoms with Crippen LogP contribution in [0.5, 0.6) is 0 Å². The summed E-state index contributed by atoms with van der Waals surface area (Å²) < 4.78 is 10.5. The molecule has 0 saturated carbocycles. The lowest BCUT2D eigenvalue weighted by molar-refractivity contribution is -0.147. The summed E-state index contributed by atoms with van der Waals surface area (Å²) in [6.07, 6.45) is -1.59. The van der Waals surface area contributed by atoms with Crippen molar-refractivity contribution in [3.05, 3.63) is 0 Å². The summed E-state index contributed by atoms with van der Waals surface area (Å²) in [4.78, 5) is 50.9. The van der Waals surface area contributed by atoms with Crippen LogP contribution in [0.15, 0.2) is 0 Å². The molecule has 0 unspecified atom stereocenters. The first-order valence-corrected chi connectivity index (χ1v) is 9.14. The first-order chi connectivity index (χ1) is 12.7. The number of carboxylic acid groups (broad SMARTS) is 1. The van der Waals surface area contributed by atoms with Crippen LogP contribution < -0.4 is 5.73 Å². The average Bonchev–Trinajstić information content (AvgIpc) is 2.51. The maximum atomic E-state index is 12.5. The Hall–Kier alpha value is -2.36. The number of amides is 3. The minimum atomic E-state index is -1.25. The number of rotatable bonds is 3. The number of nitrogens with zero attached hydrogens (tertiary/aromatic N) is 2. The molecule has 28 heavy (non-hydrogen) atoms. The predicted octanol–water partition coefficient (Wildman–Crippen LogP) is 1.56. The van der Waals surface area contributed by atoms with Gasteiger partial charge in [0.2, 0.25) is 5.91 Å². The van der Waals surface area contributed by atoms with Crippen LogP contribution in [0.2, 0.25) is 0 Å². The molecule has 0 aromatic rings. The Bertz CT molecular complexity index is 622. The lowest BCUT2D eigenvalue weighted by atomic mass is 9.96. The molecule has 2 atom stereocenters. The van der Waals surface area contributed by atoms with Crippen LogP contribution in [0.3, 0.4) is 0 Å². The van der Waals surface area contributed by atoms with Gasteiger partial charge in [-0.15, -0.1) is 0 Å². The average molecular weight is 401 g/mol. The van der Waals surface area contributed by atoms with E-state index in [0.29, 0.717) is 0 Å². The molecule has 1 saturated heterocycles. The molecule has 0 aliphatic carbocycles. The molecule has 0 aromatic heterocycles. The van der Waals surface area contributed by atoms with E-state index in [1.807, 2.05) is 0 Å². The number of aliphatic carboxylic acids is 1. The molecule has 1 rings (SSSR count). The van der Waals surface area contributed by atoms with Gasteiger partial charge in [0, 0.05) is 12.6 Å². The summed E-state index contributed by atoms with van der Waals surface area (Å²) in [5.74, 6) is -1.92. The van der Waals surface area contributed by atoms with Gasteiger partial charge in [-0.2, -0.15) is 0 Å². The molecule has 1 fully saturated rings. The van der Waals surface area contributed by atoms with Crippen LogP contribution >= 0.6 is 0 Å². The summed E-state index contributed by atoms with van der Waals surface area (Å²) in [5.41, 5.74) is 3.80. The van der Waals surface area contributed by atoms with Crippen molar-refractivity contribution < 1.29 is 33.8 Å². The maximum Gasteiger partial charge on any atom is 0.417 e. The van der Waals surface area contributed by atoms with E-state index in [9.17, 15) is 24.3 Å². The van der Waals surface area contributed by atoms with E-state index in [-0.39, 0.29) is 19.4 Å². The Morgan fingerprint density at radius 3 is 2.04 bits per heavy atom. The molecule has 3 amide bonds. The van der Waals surface area contributed by atoms with Crippen molar-refractivity contribution in [2.75, 3.05) is 13.1 Å². The number of imide groups is 1. The zero-order chi connectivity index (χ0) is 21.9. The van der Waals surface area contributed by atoms with Crippen molar-refractivity contribution >= 4 is 24.1 Å². The van der Waals surface area contributed by atoms with Crippen LogP contribution in [-0.2, 0) is 19.1 Å². The van der Waals surface area contributed by atoms with Gasteiger partial charge in [-0.25, -0.2) is 19.3 Å². The highest BCUT2D eigenvalue weighted by Crippen LogP contribution is 2.26. The topological polar surface area (TPSA) is 139 Å².